The molecule has 0 saturated heterocycles. The van der Waals surface area contributed by atoms with Crippen LogP contribution < -0.4 is 61.4 Å². The summed E-state index contributed by atoms with van der Waals surface area (Å²) in [6.07, 6.45) is -47.6. The Hall–Kier alpha value is -6.52. The van der Waals surface area contributed by atoms with E-state index in [4.69, 9.17) is 37.3 Å². The molecule has 5 rings (SSSR count). The second-order valence-corrected chi connectivity index (χ2v) is 15.6. The Balaban J connectivity index is 0.00000146. The van der Waals surface area contributed by atoms with Crippen LogP contribution in [-0.4, -0.2) is 66.4 Å². The number of allylic oxidation sites excluding steroid dienone is 4. The Morgan fingerprint density at radius 3 is 0.833 bits per heavy atom. The van der Waals surface area contributed by atoms with Crippen LogP contribution in [0.5, 0.6) is 0 Å². The van der Waals surface area contributed by atoms with Crippen LogP contribution in [0.25, 0.3) is 0 Å². The summed E-state index contributed by atoms with van der Waals surface area (Å²) in [4.78, 5) is -5.18. The van der Waals surface area contributed by atoms with Crippen molar-refractivity contribution in [3.63, 3.8) is 0 Å². The normalized spacial score (nSPS) is 14.0. The molecule has 0 saturated carbocycles. The largest absolute Gasteiger partial charge is 0.640 e. The molecule has 0 amide bonds. The summed E-state index contributed by atoms with van der Waals surface area (Å²) in [5, 5.41) is 0. The van der Waals surface area contributed by atoms with E-state index < -0.39 is 147 Å². The molecule has 0 heterocycles. The first-order valence-corrected chi connectivity index (χ1v) is 21.4. The topological polar surface area (TPSA) is 203 Å². The number of halogens is 26. The molecular weight excluding hydrogens is 1200 g/mol. The van der Waals surface area contributed by atoms with Gasteiger partial charge in [-0.15, -0.1) is 126 Å². The molecule has 0 spiro atoms. The Labute approximate surface area is 420 Å². The van der Waals surface area contributed by atoms with Gasteiger partial charge < -0.3 is 4.90 Å². The van der Waals surface area contributed by atoms with E-state index in [0.717, 1.165) is 33.7 Å². The number of benzene rings is 4. The summed E-state index contributed by atoms with van der Waals surface area (Å²) in [6, 6.07) is 8.38. The SMILES string of the molecule is FC(F)(F)N(c1ccc(N(c2ccc(N(C(F)(F)F)C(F)(F)F)cc2)c2ccccc2[N+](=C2C=CC(=[N+](C(F)(F)F)C(F)(F)F)C=C2)c2ccc(N(C(F)(F)F)C(F)(F)F)cc2)cc1)C(F)(F)F.[O-][Cl+3]([O-])([O-])[O-].[O-][Cl+3]([O-])([O-])[O-]. The van der Waals surface area contributed by atoms with Crippen LogP contribution in [0.15, 0.2) is 121 Å². The number of rotatable bonds is 8. The van der Waals surface area contributed by atoms with E-state index >= 15 is 0 Å². The van der Waals surface area contributed by atoms with E-state index in [1.54, 1.807) is 0 Å². The van der Waals surface area contributed by atoms with Gasteiger partial charge in [0.25, 0.3) is 0 Å². The zero-order chi connectivity index (χ0) is 60.4. The van der Waals surface area contributed by atoms with E-state index in [2.05, 4.69) is 0 Å². The van der Waals surface area contributed by atoms with Gasteiger partial charge in [-0.25, -0.2) is 37.3 Å². The highest BCUT2D eigenvalue weighted by atomic mass is 35.7. The molecule has 432 valence electrons. The molecule has 0 unspecified atom stereocenters. The third-order valence-corrected chi connectivity index (χ3v) is 8.86. The fraction of sp³-hybridized carbons (Fsp3) is 0.211. The van der Waals surface area contributed by atoms with E-state index in [-0.39, 0.29) is 48.6 Å². The molecule has 4 aromatic carbocycles. The zero-order valence-corrected chi connectivity index (χ0v) is 37.8. The van der Waals surface area contributed by atoms with Crippen LogP contribution in [0.3, 0.4) is 0 Å². The number of alkyl halides is 24. The molecule has 1 aliphatic rings. The van der Waals surface area contributed by atoms with Crippen LogP contribution in [0, 0.1) is 20.5 Å². The highest BCUT2D eigenvalue weighted by molar-refractivity contribution is 6.18. The predicted molar refractivity (Wildman–Crippen MR) is 193 cm³/mol. The van der Waals surface area contributed by atoms with Crippen molar-refractivity contribution in [3.05, 3.63) is 121 Å². The monoisotopic (exact) mass is 1210 g/mol. The maximum absolute atomic E-state index is 13.6. The molecule has 0 fully saturated rings. The summed E-state index contributed by atoms with van der Waals surface area (Å²) in [5.41, 5.74) is -9.93. The van der Waals surface area contributed by atoms with Gasteiger partial charge in [-0.05, 0) is 71.3 Å². The Bertz CT molecular complexity index is 2620. The van der Waals surface area contributed by atoms with Gasteiger partial charge in [-0.2, -0.15) is 19.3 Å². The fourth-order valence-electron chi connectivity index (χ4n) is 6.45. The Morgan fingerprint density at radius 1 is 0.321 bits per heavy atom. The predicted octanol–water partition coefficient (Wildman–Crippen LogP) is 5.08. The molecule has 40 heteroatoms. The van der Waals surface area contributed by atoms with Gasteiger partial charge in [0.05, 0.1) is 17.1 Å². The highest BCUT2D eigenvalue weighted by Crippen LogP contribution is 2.47. The standard InChI is InChI=1S/C38H20F24N6.2ClHO4/c39-31(40,41)65(32(42,43)44)25-13-5-21(6-14-25)63(22-7-15-26(16-8-22)66(33(45,46)47)34(48,49)50)29-3-1-2-4-30(29)64(23-9-17-27(18-10-23)67(35(51,52)53)36(54,55)56)24-11-19-28(20-12-24)68(37(57,58)59)38(60,61)62;2*2-1(3,4)5/h1-20H;2*(H,2,3,4,5)/q+2;;/p-2. The number of hydrogen-bond acceptors (Lipinski definition) is 12. The molecule has 0 aromatic heterocycles. The number of para-hydroxylation sites is 2. The van der Waals surface area contributed by atoms with Crippen LogP contribution >= 0.6 is 0 Å². The first kappa shape index (κ1) is 65.8. The molecule has 0 bridgehead atoms. The summed E-state index contributed by atoms with van der Waals surface area (Å²) in [6.45, 7) is 0. The van der Waals surface area contributed by atoms with Gasteiger partial charge in [-0.3, -0.25) is 0 Å². The summed E-state index contributed by atoms with van der Waals surface area (Å²) in [7, 11) is -9.89. The minimum absolute atomic E-state index is 0.199. The van der Waals surface area contributed by atoms with Crippen LogP contribution in [-0.2, 0) is 0 Å². The molecule has 0 aliphatic heterocycles. The molecule has 0 atom stereocenters. The van der Waals surface area contributed by atoms with Gasteiger partial charge in [-0.1, -0.05) is 12.1 Å². The molecule has 0 radical (unpaired) electrons. The second kappa shape index (κ2) is 23.1. The third-order valence-electron chi connectivity index (χ3n) is 8.86. The zero-order valence-electron chi connectivity index (χ0n) is 36.3. The van der Waals surface area contributed by atoms with Crippen LogP contribution in [0.1, 0.15) is 0 Å². The second-order valence-electron chi connectivity index (χ2n) is 14.1. The van der Waals surface area contributed by atoms with E-state index in [9.17, 15) is 105 Å². The molecular formula is C38H20Cl2F24N6O8. The molecule has 78 heavy (non-hydrogen) atoms. The van der Waals surface area contributed by atoms with Crippen molar-refractivity contribution in [3.8, 4) is 0 Å². The summed E-state index contributed by atoms with van der Waals surface area (Å²) < 4.78 is 393. The summed E-state index contributed by atoms with van der Waals surface area (Å²) >= 11 is 0. The number of anilines is 6. The minimum Gasteiger partial charge on any atom is -0.305 e. The smallest absolute Gasteiger partial charge is 0.305 e. The maximum atomic E-state index is 13.6. The third kappa shape index (κ3) is 18.6. The molecule has 4 aromatic rings. The first-order valence-electron chi connectivity index (χ1n) is 18.9. The first-order chi connectivity index (χ1) is 34.8. The quantitative estimate of drug-likeness (QED) is 0.0982. The lowest BCUT2D eigenvalue weighted by Gasteiger charge is -2.31. The van der Waals surface area contributed by atoms with E-state index in [1.807, 2.05) is 0 Å². The van der Waals surface area contributed by atoms with Crippen molar-refractivity contribution in [1.29, 1.82) is 0 Å². The van der Waals surface area contributed by atoms with Crippen molar-refractivity contribution >= 4 is 56.9 Å². The lowest BCUT2D eigenvalue weighted by atomic mass is 10.1. The summed E-state index contributed by atoms with van der Waals surface area (Å²) in [5.74, 6) is 0. The van der Waals surface area contributed by atoms with E-state index in [0.29, 0.717) is 48.6 Å². The Kier molecular flexibility index (Phi) is 19.4. The van der Waals surface area contributed by atoms with Crippen molar-refractivity contribution in [2.24, 2.45) is 0 Å². The van der Waals surface area contributed by atoms with E-state index in [1.165, 1.54) is 0 Å². The van der Waals surface area contributed by atoms with Gasteiger partial charge in [0.2, 0.25) is 22.8 Å². The molecule has 14 nitrogen and oxygen atoms in total. The number of nitrogens with zero attached hydrogens (tertiary/aromatic N) is 6. The average molecular weight is 1220 g/mol. The fourth-order valence-corrected chi connectivity index (χ4v) is 6.45. The Morgan fingerprint density at radius 2 is 0.564 bits per heavy atom. The highest BCUT2D eigenvalue weighted by Gasteiger charge is 2.62. The molecule has 1 aliphatic carbocycles. The van der Waals surface area contributed by atoms with Gasteiger partial charge in [0, 0.05) is 53.9 Å². The van der Waals surface area contributed by atoms with Crippen molar-refractivity contribution < 1.29 is 168 Å². The minimum atomic E-state index is -6.13. The van der Waals surface area contributed by atoms with Crippen LogP contribution in [0.2, 0.25) is 0 Å². The van der Waals surface area contributed by atoms with Gasteiger partial charge in [0.1, 0.15) is 5.69 Å². The number of hydrogen-bond donors (Lipinski definition) is 0. The average Bonchev–Trinajstić information content (AvgIpc) is 3.19. The van der Waals surface area contributed by atoms with Gasteiger partial charge >= 0.3 is 50.4 Å². The molecule has 0 N–H and O–H groups in total. The van der Waals surface area contributed by atoms with Crippen molar-refractivity contribution in [2.75, 3.05) is 19.6 Å². The van der Waals surface area contributed by atoms with Crippen LogP contribution in [0.4, 0.5) is 151 Å². The van der Waals surface area contributed by atoms with Crippen molar-refractivity contribution in [1.82, 2.24) is 4.58 Å². The van der Waals surface area contributed by atoms with Gasteiger partial charge in [0.15, 0.2) is 0 Å². The maximum Gasteiger partial charge on any atom is 0.640 e. The lowest BCUT2D eigenvalue weighted by molar-refractivity contribution is -2.00. The lowest BCUT2D eigenvalue weighted by Crippen LogP contribution is -2.68. The van der Waals surface area contributed by atoms with Crippen molar-refractivity contribution in [2.45, 2.75) is 50.4 Å².